The third-order valence-electron chi connectivity index (χ3n) is 4.10. The summed E-state index contributed by atoms with van der Waals surface area (Å²) in [6.45, 7) is 2.80. The Labute approximate surface area is 101 Å². The van der Waals surface area contributed by atoms with Crippen LogP contribution in [0.15, 0.2) is 0 Å². The first kappa shape index (κ1) is 11.0. The van der Waals surface area contributed by atoms with Gasteiger partial charge in [0.1, 0.15) is 6.04 Å². The third kappa shape index (κ3) is 1.92. The zero-order chi connectivity index (χ0) is 11.8. The topological polar surface area (TPSA) is 52.7 Å². The van der Waals surface area contributed by atoms with Crippen LogP contribution in [0.1, 0.15) is 25.7 Å². The average molecular weight is 237 g/mol. The number of carbonyl (C=O) groups excluding carboxylic acids is 2. The minimum Gasteiger partial charge on any atom is -0.330 e. The summed E-state index contributed by atoms with van der Waals surface area (Å²) in [6.07, 6.45) is 4.11. The number of nitrogens with zero attached hydrogens (tertiary/aromatic N) is 2. The van der Waals surface area contributed by atoms with Crippen LogP contribution in [0, 0.1) is 0 Å². The lowest BCUT2D eigenvalue weighted by Gasteiger charge is -2.37. The van der Waals surface area contributed by atoms with Crippen LogP contribution in [0.25, 0.3) is 0 Å². The van der Waals surface area contributed by atoms with Crippen LogP contribution in [0.3, 0.4) is 0 Å². The molecule has 0 saturated carbocycles. The molecule has 0 aliphatic carbocycles. The second-order valence-electron chi connectivity index (χ2n) is 5.26. The van der Waals surface area contributed by atoms with Gasteiger partial charge in [-0.05, 0) is 32.2 Å². The van der Waals surface area contributed by atoms with Crippen molar-refractivity contribution in [3.05, 3.63) is 0 Å². The van der Waals surface area contributed by atoms with E-state index in [9.17, 15) is 9.59 Å². The van der Waals surface area contributed by atoms with Gasteiger partial charge in [-0.25, -0.2) is 0 Å². The van der Waals surface area contributed by atoms with E-state index in [1.807, 2.05) is 0 Å². The van der Waals surface area contributed by atoms with Crippen molar-refractivity contribution >= 4 is 11.8 Å². The fourth-order valence-electron chi connectivity index (χ4n) is 3.20. The maximum absolute atomic E-state index is 12.2. The van der Waals surface area contributed by atoms with Gasteiger partial charge < -0.3 is 15.1 Å². The number of piperazine rings is 1. The van der Waals surface area contributed by atoms with Gasteiger partial charge >= 0.3 is 0 Å². The maximum atomic E-state index is 12.2. The van der Waals surface area contributed by atoms with Crippen molar-refractivity contribution in [2.24, 2.45) is 0 Å². The molecule has 94 valence electrons. The van der Waals surface area contributed by atoms with Crippen LogP contribution in [0.4, 0.5) is 0 Å². The second-order valence-corrected chi connectivity index (χ2v) is 5.26. The van der Waals surface area contributed by atoms with Gasteiger partial charge in [0.05, 0.1) is 6.54 Å². The number of amides is 2. The summed E-state index contributed by atoms with van der Waals surface area (Å²) in [5, 5.41) is 3.38. The minimum atomic E-state index is -0.155. The van der Waals surface area contributed by atoms with Gasteiger partial charge in [-0.3, -0.25) is 9.59 Å². The first-order chi connectivity index (χ1) is 8.25. The van der Waals surface area contributed by atoms with E-state index < -0.39 is 0 Å². The highest BCUT2D eigenvalue weighted by Crippen LogP contribution is 2.24. The van der Waals surface area contributed by atoms with Crippen LogP contribution in [-0.2, 0) is 9.59 Å². The van der Waals surface area contributed by atoms with Crippen molar-refractivity contribution in [1.29, 1.82) is 0 Å². The molecule has 3 saturated heterocycles. The summed E-state index contributed by atoms with van der Waals surface area (Å²) >= 11 is 0. The Hall–Kier alpha value is -1.10. The van der Waals surface area contributed by atoms with E-state index >= 15 is 0 Å². The lowest BCUT2D eigenvalue weighted by molar-refractivity contribution is -0.153. The van der Waals surface area contributed by atoms with Gasteiger partial charge in [0.25, 0.3) is 0 Å². The van der Waals surface area contributed by atoms with Gasteiger partial charge in [0, 0.05) is 19.1 Å². The maximum Gasteiger partial charge on any atom is 0.245 e. The molecule has 0 aromatic rings. The second kappa shape index (κ2) is 4.29. The van der Waals surface area contributed by atoms with Gasteiger partial charge in [-0.15, -0.1) is 0 Å². The molecule has 3 aliphatic heterocycles. The molecule has 2 unspecified atom stereocenters. The largest absolute Gasteiger partial charge is 0.330 e. The number of carbonyl (C=O) groups is 2. The minimum absolute atomic E-state index is 0.130. The van der Waals surface area contributed by atoms with Crippen LogP contribution >= 0.6 is 0 Å². The zero-order valence-corrected chi connectivity index (χ0v) is 10.0. The summed E-state index contributed by atoms with van der Waals surface area (Å²) in [4.78, 5) is 27.7. The van der Waals surface area contributed by atoms with Crippen LogP contribution in [0.2, 0.25) is 0 Å². The SMILES string of the molecule is O=C1C2CCCN2C(=O)CN1CC1CCCN1. The highest BCUT2D eigenvalue weighted by Gasteiger charge is 2.42. The Morgan fingerprint density at radius 3 is 2.88 bits per heavy atom. The molecule has 1 N–H and O–H groups in total. The number of fused-ring (bicyclic) bond motifs is 1. The lowest BCUT2D eigenvalue weighted by atomic mass is 10.1. The molecule has 0 spiro atoms. The smallest absolute Gasteiger partial charge is 0.245 e. The van der Waals surface area contributed by atoms with Crippen molar-refractivity contribution in [3.8, 4) is 0 Å². The van der Waals surface area contributed by atoms with Crippen molar-refractivity contribution in [2.45, 2.75) is 37.8 Å². The van der Waals surface area contributed by atoms with E-state index in [1.165, 1.54) is 6.42 Å². The molecule has 17 heavy (non-hydrogen) atoms. The Balaban J connectivity index is 1.68. The average Bonchev–Trinajstić information content (AvgIpc) is 2.96. The molecule has 2 amide bonds. The predicted molar refractivity (Wildman–Crippen MR) is 62.3 cm³/mol. The molecular weight excluding hydrogens is 218 g/mol. The summed E-state index contributed by atoms with van der Waals surface area (Å²) in [7, 11) is 0. The van der Waals surface area contributed by atoms with Crippen LogP contribution in [-0.4, -0.2) is 59.9 Å². The molecule has 0 radical (unpaired) electrons. The fraction of sp³-hybridized carbons (Fsp3) is 0.833. The van der Waals surface area contributed by atoms with E-state index in [0.717, 1.165) is 32.4 Å². The fourth-order valence-corrected chi connectivity index (χ4v) is 3.20. The highest BCUT2D eigenvalue weighted by atomic mass is 16.2. The Morgan fingerprint density at radius 2 is 2.12 bits per heavy atom. The summed E-state index contributed by atoms with van der Waals surface area (Å²) in [5.74, 6) is 0.292. The molecule has 3 heterocycles. The van der Waals surface area contributed by atoms with E-state index in [0.29, 0.717) is 12.6 Å². The Morgan fingerprint density at radius 1 is 1.24 bits per heavy atom. The van der Waals surface area contributed by atoms with Crippen molar-refractivity contribution in [2.75, 3.05) is 26.2 Å². The van der Waals surface area contributed by atoms with Crippen LogP contribution < -0.4 is 5.32 Å². The molecule has 0 aromatic heterocycles. The Kier molecular flexibility index (Phi) is 2.78. The normalized spacial score (nSPS) is 33.4. The van der Waals surface area contributed by atoms with Crippen molar-refractivity contribution < 1.29 is 9.59 Å². The first-order valence-electron chi connectivity index (χ1n) is 6.57. The lowest BCUT2D eigenvalue weighted by Crippen LogP contribution is -2.59. The van der Waals surface area contributed by atoms with Crippen LogP contribution in [0.5, 0.6) is 0 Å². The first-order valence-corrected chi connectivity index (χ1v) is 6.57. The van der Waals surface area contributed by atoms with Gasteiger partial charge in [0.15, 0.2) is 0 Å². The van der Waals surface area contributed by atoms with E-state index in [1.54, 1.807) is 9.80 Å². The summed E-state index contributed by atoms with van der Waals surface area (Å²) < 4.78 is 0. The standard InChI is InChI=1S/C12H19N3O2/c16-11-8-14(7-9-3-1-5-13-9)12(17)10-4-2-6-15(10)11/h9-10,13H,1-8H2. The number of hydrogen-bond donors (Lipinski definition) is 1. The predicted octanol–water partition coefficient (Wildman–Crippen LogP) is -0.428. The van der Waals surface area contributed by atoms with Gasteiger partial charge in [0.2, 0.25) is 11.8 Å². The molecule has 0 bridgehead atoms. The molecule has 5 nitrogen and oxygen atoms in total. The van der Waals surface area contributed by atoms with Crippen molar-refractivity contribution in [1.82, 2.24) is 15.1 Å². The molecule has 5 heteroatoms. The monoisotopic (exact) mass is 237 g/mol. The zero-order valence-electron chi connectivity index (χ0n) is 10.0. The number of hydrogen-bond acceptors (Lipinski definition) is 3. The van der Waals surface area contributed by atoms with E-state index in [2.05, 4.69) is 5.32 Å². The number of nitrogens with one attached hydrogen (secondary N) is 1. The molecule has 3 aliphatic rings. The van der Waals surface area contributed by atoms with Gasteiger partial charge in [-0.2, -0.15) is 0 Å². The molecular formula is C12H19N3O2. The van der Waals surface area contributed by atoms with E-state index in [-0.39, 0.29) is 24.4 Å². The third-order valence-corrected chi connectivity index (χ3v) is 4.10. The molecule has 0 aromatic carbocycles. The number of rotatable bonds is 2. The Bertz CT molecular complexity index is 339. The quantitative estimate of drug-likeness (QED) is 0.709. The molecule has 3 rings (SSSR count). The van der Waals surface area contributed by atoms with Gasteiger partial charge in [-0.1, -0.05) is 0 Å². The molecule has 2 atom stereocenters. The molecule has 3 fully saturated rings. The highest BCUT2D eigenvalue weighted by molar-refractivity contribution is 5.95. The van der Waals surface area contributed by atoms with E-state index in [4.69, 9.17) is 0 Å². The van der Waals surface area contributed by atoms with Crippen molar-refractivity contribution in [3.63, 3.8) is 0 Å². The summed E-state index contributed by atoms with van der Waals surface area (Å²) in [5.41, 5.74) is 0. The summed E-state index contributed by atoms with van der Waals surface area (Å²) in [6, 6.07) is 0.234.